The van der Waals surface area contributed by atoms with Crippen molar-refractivity contribution in [2.24, 2.45) is 5.41 Å². The monoisotopic (exact) mass is 487 g/mol. The summed E-state index contributed by atoms with van der Waals surface area (Å²) >= 11 is 0. The van der Waals surface area contributed by atoms with Crippen molar-refractivity contribution in [2.45, 2.75) is 79.6 Å². The Morgan fingerprint density at radius 3 is 1.94 bits per heavy atom. The van der Waals surface area contributed by atoms with Gasteiger partial charge in [0.15, 0.2) is 0 Å². The summed E-state index contributed by atoms with van der Waals surface area (Å²) in [5.74, 6) is -0.373. The number of ether oxygens (including phenoxy) is 2. The van der Waals surface area contributed by atoms with Crippen LogP contribution in [0.2, 0.25) is 0 Å². The van der Waals surface area contributed by atoms with Crippen LogP contribution in [0.5, 0.6) is 0 Å². The number of phosphoric ester groups is 1. The number of hydrogen-bond acceptors (Lipinski definition) is 8. The molecule has 0 saturated carbocycles. The molecule has 9 nitrogen and oxygen atoms in total. The molecule has 1 aromatic carbocycles. The molecule has 0 radical (unpaired) electrons. The molecule has 0 heterocycles. The third kappa shape index (κ3) is 14.0. The maximum Gasteiger partial charge on any atom is 0.478 e. The second kappa shape index (κ2) is 12.0. The molecule has 10 heteroatoms. The SMILES string of the molecule is CC(C)(CNC(=O)OCOP(=O)(OC(C)(C)C)OC(C)(C)C)CC(=O)OCc1ccccc1. The molecule has 0 fully saturated rings. The Kier molecular flexibility index (Phi) is 10.6. The van der Waals surface area contributed by atoms with Gasteiger partial charge in [0.05, 0.1) is 17.6 Å². The van der Waals surface area contributed by atoms with Gasteiger partial charge in [-0.1, -0.05) is 44.2 Å². The van der Waals surface area contributed by atoms with E-state index in [4.69, 9.17) is 23.0 Å². The first kappa shape index (κ1) is 29.1. The fourth-order valence-corrected chi connectivity index (χ4v) is 4.16. The van der Waals surface area contributed by atoms with Gasteiger partial charge in [0.2, 0.25) is 6.79 Å². The van der Waals surface area contributed by atoms with Gasteiger partial charge >= 0.3 is 19.9 Å². The number of alkyl carbamates (subject to hydrolysis) is 1. The van der Waals surface area contributed by atoms with E-state index in [1.807, 2.05) is 44.2 Å². The quantitative estimate of drug-likeness (QED) is 0.245. The van der Waals surface area contributed by atoms with Gasteiger partial charge < -0.3 is 14.8 Å². The Balaban J connectivity index is 2.45. The zero-order valence-corrected chi connectivity index (χ0v) is 21.8. The Bertz CT molecular complexity index is 792. The third-order valence-electron chi connectivity index (χ3n) is 3.75. The summed E-state index contributed by atoms with van der Waals surface area (Å²) < 4.78 is 39.2. The van der Waals surface area contributed by atoms with Gasteiger partial charge in [0.25, 0.3) is 0 Å². The van der Waals surface area contributed by atoms with Crippen LogP contribution < -0.4 is 5.32 Å². The van der Waals surface area contributed by atoms with E-state index in [0.717, 1.165) is 5.56 Å². The molecular formula is C23H38NO8P. The van der Waals surface area contributed by atoms with Crippen molar-refractivity contribution in [3.63, 3.8) is 0 Å². The summed E-state index contributed by atoms with van der Waals surface area (Å²) in [6.45, 7) is 13.6. The Morgan fingerprint density at radius 2 is 1.42 bits per heavy atom. The highest BCUT2D eigenvalue weighted by Crippen LogP contribution is 2.55. The van der Waals surface area contributed by atoms with Crippen LogP contribution in [0.4, 0.5) is 4.79 Å². The van der Waals surface area contributed by atoms with Crippen LogP contribution in [0, 0.1) is 5.41 Å². The van der Waals surface area contributed by atoms with E-state index in [-0.39, 0.29) is 25.5 Å². The molecule has 0 unspecified atom stereocenters. The second-order valence-electron chi connectivity index (χ2n) is 10.4. The topological polar surface area (TPSA) is 109 Å². The first-order chi connectivity index (χ1) is 15.0. The first-order valence-corrected chi connectivity index (χ1v) is 12.2. The van der Waals surface area contributed by atoms with Crippen LogP contribution in [0.3, 0.4) is 0 Å². The van der Waals surface area contributed by atoms with Crippen molar-refractivity contribution >= 4 is 19.9 Å². The summed E-state index contributed by atoms with van der Waals surface area (Å²) in [7, 11) is -3.99. The average molecular weight is 488 g/mol. The number of nitrogens with one attached hydrogen (secondary N) is 1. The number of carbonyl (C=O) groups excluding carboxylic acids is 2. The van der Waals surface area contributed by atoms with Crippen molar-refractivity contribution < 1.29 is 37.2 Å². The number of hydrogen-bond donors (Lipinski definition) is 1. The van der Waals surface area contributed by atoms with Gasteiger partial charge in [0, 0.05) is 6.54 Å². The lowest BCUT2D eigenvalue weighted by Gasteiger charge is -2.30. The van der Waals surface area contributed by atoms with Crippen molar-refractivity contribution in [1.29, 1.82) is 0 Å². The molecule has 1 aromatic rings. The van der Waals surface area contributed by atoms with Crippen molar-refractivity contribution in [3.05, 3.63) is 35.9 Å². The normalized spacial score (nSPS) is 12.8. The van der Waals surface area contributed by atoms with E-state index in [2.05, 4.69) is 5.32 Å². The fraction of sp³-hybridized carbons (Fsp3) is 0.652. The molecule has 0 aliphatic carbocycles. The Labute approximate surface area is 197 Å². The maximum atomic E-state index is 12.9. The van der Waals surface area contributed by atoms with Crippen LogP contribution >= 0.6 is 7.82 Å². The number of amides is 1. The molecule has 1 N–H and O–H groups in total. The molecule has 33 heavy (non-hydrogen) atoms. The van der Waals surface area contributed by atoms with Gasteiger partial charge in [-0.25, -0.2) is 13.9 Å². The standard InChI is InChI=1S/C23H38NO8P/c1-21(2,3)31-33(27,32-22(4,5)6)30-17-29-20(26)24-16-23(7,8)14-19(25)28-15-18-12-10-9-11-13-18/h9-13H,14-17H2,1-8H3,(H,24,26). The summed E-state index contributed by atoms with van der Waals surface area (Å²) in [6, 6.07) is 9.37. The van der Waals surface area contributed by atoms with Crippen molar-refractivity contribution in [1.82, 2.24) is 5.32 Å². The maximum absolute atomic E-state index is 12.9. The minimum Gasteiger partial charge on any atom is -0.461 e. The van der Waals surface area contributed by atoms with E-state index >= 15 is 0 Å². The smallest absolute Gasteiger partial charge is 0.461 e. The largest absolute Gasteiger partial charge is 0.478 e. The molecule has 188 valence electrons. The van der Waals surface area contributed by atoms with Gasteiger partial charge in [-0.2, -0.15) is 0 Å². The lowest BCUT2D eigenvalue weighted by atomic mass is 9.89. The third-order valence-corrected chi connectivity index (χ3v) is 5.71. The molecule has 0 saturated heterocycles. The fourth-order valence-electron chi connectivity index (χ4n) is 2.49. The van der Waals surface area contributed by atoms with Crippen LogP contribution in [-0.4, -0.2) is 36.6 Å². The molecule has 0 aliphatic heterocycles. The Morgan fingerprint density at radius 1 is 0.879 bits per heavy atom. The van der Waals surface area contributed by atoms with E-state index < -0.39 is 37.3 Å². The van der Waals surface area contributed by atoms with Gasteiger partial charge in [-0.3, -0.25) is 13.8 Å². The number of carbonyl (C=O) groups is 2. The summed E-state index contributed by atoms with van der Waals surface area (Å²) in [6.07, 6.45) is -0.691. The van der Waals surface area contributed by atoms with Gasteiger partial charge in [0.1, 0.15) is 6.61 Å². The van der Waals surface area contributed by atoms with Gasteiger partial charge in [-0.15, -0.1) is 0 Å². The van der Waals surface area contributed by atoms with Gasteiger partial charge in [-0.05, 0) is 52.5 Å². The number of esters is 1. The molecule has 0 atom stereocenters. The lowest BCUT2D eigenvalue weighted by Crippen LogP contribution is -2.36. The minimum atomic E-state index is -3.99. The average Bonchev–Trinajstić information content (AvgIpc) is 2.62. The summed E-state index contributed by atoms with van der Waals surface area (Å²) in [5, 5.41) is 2.56. The zero-order chi connectivity index (χ0) is 25.3. The molecule has 0 bridgehead atoms. The van der Waals surface area contributed by atoms with E-state index in [0.29, 0.717) is 0 Å². The highest BCUT2D eigenvalue weighted by Gasteiger charge is 2.37. The number of rotatable bonds is 11. The van der Waals surface area contributed by atoms with Crippen molar-refractivity contribution in [2.75, 3.05) is 13.3 Å². The van der Waals surface area contributed by atoms with Crippen molar-refractivity contribution in [3.8, 4) is 0 Å². The van der Waals surface area contributed by atoms with E-state index in [1.165, 1.54) is 0 Å². The second-order valence-corrected chi connectivity index (χ2v) is 11.9. The van der Waals surface area contributed by atoms with E-state index in [1.54, 1.807) is 41.5 Å². The first-order valence-electron chi connectivity index (χ1n) is 10.7. The van der Waals surface area contributed by atoms with Crippen LogP contribution in [0.15, 0.2) is 30.3 Å². The highest BCUT2D eigenvalue weighted by atomic mass is 31.2. The lowest BCUT2D eigenvalue weighted by molar-refractivity contribution is -0.147. The number of benzene rings is 1. The predicted octanol–water partition coefficient (Wildman–Crippen LogP) is 5.58. The highest BCUT2D eigenvalue weighted by molar-refractivity contribution is 7.48. The van der Waals surface area contributed by atoms with E-state index in [9.17, 15) is 14.2 Å². The molecule has 0 aromatic heterocycles. The Hall–Kier alpha value is -1.93. The van der Waals surface area contributed by atoms with Crippen LogP contribution in [-0.2, 0) is 39.0 Å². The molecule has 0 aliphatic rings. The zero-order valence-electron chi connectivity index (χ0n) is 20.9. The molecule has 1 amide bonds. The number of phosphoric acid groups is 1. The van der Waals surface area contributed by atoms with Crippen LogP contribution in [0.25, 0.3) is 0 Å². The van der Waals surface area contributed by atoms with Crippen LogP contribution in [0.1, 0.15) is 67.4 Å². The molecule has 1 rings (SSSR count). The molecule has 0 spiro atoms. The predicted molar refractivity (Wildman–Crippen MR) is 124 cm³/mol. The molecular weight excluding hydrogens is 449 g/mol. The minimum absolute atomic E-state index is 0.102. The summed E-state index contributed by atoms with van der Waals surface area (Å²) in [5.41, 5.74) is -1.29. The summed E-state index contributed by atoms with van der Waals surface area (Å²) in [4.78, 5) is 24.2.